The Kier molecular flexibility index (Phi) is 5.69. The van der Waals surface area contributed by atoms with Gasteiger partial charge >= 0.3 is 0 Å². The molecule has 0 fully saturated rings. The van der Waals surface area contributed by atoms with E-state index in [-0.39, 0.29) is 0 Å². The van der Waals surface area contributed by atoms with Crippen LogP contribution in [0.2, 0.25) is 0 Å². The molecule has 0 bridgehead atoms. The number of ether oxygens (including phenoxy) is 1. The Morgan fingerprint density at radius 2 is 1.75 bits per heavy atom. The van der Waals surface area contributed by atoms with Gasteiger partial charge in [-0.3, -0.25) is 0 Å². The van der Waals surface area contributed by atoms with Crippen molar-refractivity contribution >= 4 is 23.1 Å². The van der Waals surface area contributed by atoms with Crippen molar-refractivity contribution in [2.45, 2.75) is 30.1 Å². The zero-order valence-electron chi connectivity index (χ0n) is 14.8. The van der Waals surface area contributed by atoms with Gasteiger partial charge in [0.05, 0.1) is 18.5 Å². The quantitative estimate of drug-likeness (QED) is 0.701. The summed E-state index contributed by atoms with van der Waals surface area (Å²) in [5.74, 6) is 0.920. The zero-order valence-corrected chi connectivity index (χ0v) is 15.6. The highest BCUT2D eigenvalue weighted by molar-refractivity contribution is 7.99. The number of hydrogen-bond acceptors (Lipinski definition) is 4. The van der Waals surface area contributed by atoms with Crippen molar-refractivity contribution in [3.05, 3.63) is 42.5 Å². The number of anilines is 2. The van der Waals surface area contributed by atoms with Crippen LogP contribution in [0.3, 0.4) is 0 Å². The Bertz CT molecular complexity index is 685. The predicted molar refractivity (Wildman–Crippen MR) is 103 cm³/mol. The van der Waals surface area contributed by atoms with E-state index in [1.165, 1.54) is 21.2 Å². The lowest BCUT2D eigenvalue weighted by Crippen LogP contribution is -2.28. The van der Waals surface area contributed by atoms with Crippen molar-refractivity contribution in [3.63, 3.8) is 0 Å². The Morgan fingerprint density at radius 3 is 2.50 bits per heavy atom. The monoisotopic (exact) mass is 342 g/mol. The van der Waals surface area contributed by atoms with Crippen LogP contribution in [0.4, 0.5) is 11.4 Å². The summed E-state index contributed by atoms with van der Waals surface area (Å²) in [6.45, 7) is 8.89. The van der Waals surface area contributed by atoms with Gasteiger partial charge in [0.1, 0.15) is 5.75 Å². The van der Waals surface area contributed by atoms with E-state index in [1.54, 1.807) is 7.11 Å². The molecular weight excluding hydrogens is 316 g/mol. The second kappa shape index (κ2) is 7.95. The summed E-state index contributed by atoms with van der Waals surface area (Å²) in [5, 5.41) is 0. The first-order valence-corrected chi connectivity index (χ1v) is 9.53. The average Bonchev–Trinajstić information content (AvgIpc) is 2.64. The molecule has 0 unspecified atom stereocenters. The second-order valence-electron chi connectivity index (χ2n) is 5.94. The molecule has 2 aromatic rings. The summed E-state index contributed by atoms with van der Waals surface area (Å²) >= 11 is 1.83. The third-order valence-corrected chi connectivity index (χ3v) is 5.70. The standard InChI is InChI=1S/C20H26N2OS/c1-4-21(5-2)13-8-14-22-17-9-6-7-10-19(17)24-20-15-16(23-3)11-12-18(20)22/h6-7,9-12,15H,4-5,8,13-14H2,1-3H3. The second-order valence-corrected chi connectivity index (χ2v) is 7.02. The van der Waals surface area contributed by atoms with Gasteiger partial charge in [0, 0.05) is 16.3 Å². The van der Waals surface area contributed by atoms with Crippen molar-refractivity contribution in [2.75, 3.05) is 38.2 Å². The van der Waals surface area contributed by atoms with E-state index >= 15 is 0 Å². The summed E-state index contributed by atoms with van der Waals surface area (Å²) in [6, 6.07) is 15.1. The molecule has 0 radical (unpaired) electrons. The van der Waals surface area contributed by atoms with Crippen LogP contribution < -0.4 is 9.64 Å². The smallest absolute Gasteiger partial charge is 0.120 e. The van der Waals surface area contributed by atoms with E-state index in [0.29, 0.717) is 0 Å². The number of nitrogens with zero attached hydrogens (tertiary/aromatic N) is 2. The van der Waals surface area contributed by atoms with E-state index in [4.69, 9.17) is 4.74 Å². The van der Waals surface area contributed by atoms with Crippen LogP contribution >= 0.6 is 11.8 Å². The minimum Gasteiger partial charge on any atom is -0.497 e. The minimum absolute atomic E-state index is 0.920. The lowest BCUT2D eigenvalue weighted by molar-refractivity contribution is 0.301. The van der Waals surface area contributed by atoms with Crippen LogP contribution in [0.15, 0.2) is 52.3 Å². The molecule has 1 aliphatic heterocycles. The van der Waals surface area contributed by atoms with Gasteiger partial charge in [-0.25, -0.2) is 0 Å². The fourth-order valence-electron chi connectivity index (χ4n) is 3.17. The fourth-order valence-corrected chi connectivity index (χ4v) is 4.30. The number of benzene rings is 2. The highest BCUT2D eigenvalue weighted by Crippen LogP contribution is 2.48. The first kappa shape index (κ1) is 17.2. The number of hydrogen-bond donors (Lipinski definition) is 0. The molecule has 3 rings (SSSR count). The van der Waals surface area contributed by atoms with Gasteiger partial charge in [-0.05, 0) is 56.4 Å². The third kappa shape index (κ3) is 3.55. The highest BCUT2D eigenvalue weighted by Gasteiger charge is 2.23. The van der Waals surface area contributed by atoms with Crippen LogP contribution in [0, 0.1) is 0 Å². The van der Waals surface area contributed by atoms with E-state index in [0.717, 1.165) is 38.3 Å². The first-order valence-electron chi connectivity index (χ1n) is 8.71. The lowest BCUT2D eigenvalue weighted by Gasteiger charge is -2.33. The van der Waals surface area contributed by atoms with Gasteiger partial charge in [-0.1, -0.05) is 37.7 Å². The number of rotatable bonds is 7. The molecule has 0 spiro atoms. The van der Waals surface area contributed by atoms with Crippen molar-refractivity contribution in [1.29, 1.82) is 0 Å². The molecule has 2 aromatic carbocycles. The van der Waals surface area contributed by atoms with Gasteiger partial charge in [0.2, 0.25) is 0 Å². The molecule has 24 heavy (non-hydrogen) atoms. The van der Waals surface area contributed by atoms with Gasteiger partial charge in [-0.2, -0.15) is 0 Å². The number of fused-ring (bicyclic) bond motifs is 2. The van der Waals surface area contributed by atoms with E-state index < -0.39 is 0 Å². The zero-order chi connectivity index (χ0) is 16.9. The fraction of sp³-hybridized carbons (Fsp3) is 0.400. The molecule has 0 aromatic heterocycles. The normalized spacial score (nSPS) is 12.9. The van der Waals surface area contributed by atoms with Crippen molar-refractivity contribution < 1.29 is 4.74 Å². The van der Waals surface area contributed by atoms with Crippen LogP contribution in [0.1, 0.15) is 20.3 Å². The lowest BCUT2D eigenvalue weighted by atomic mass is 10.2. The molecule has 1 heterocycles. The topological polar surface area (TPSA) is 15.7 Å². The molecule has 0 saturated carbocycles. The molecule has 128 valence electrons. The van der Waals surface area contributed by atoms with Crippen LogP contribution in [0.5, 0.6) is 5.75 Å². The number of methoxy groups -OCH3 is 1. The maximum atomic E-state index is 5.41. The van der Waals surface area contributed by atoms with E-state index in [2.05, 4.69) is 66.1 Å². The third-order valence-electron chi connectivity index (χ3n) is 4.58. The van der Waals surface area contributed by atoms with E-state index in [1.807, 2.05) is 11.8 Å². The van der Waals surface area contributed by atoms with Crippen molar-refractivity contribution in [2.24, 2.45) is 0 Å². The van der Waals surface area contributed by atoms with Gasteiger partial charge in [-0.15, -0.1) is 0 Å². The SMILES string of the molecule is CCN(CC)CCCN1c2ccccc2Sc2cc(OC)ccc21. The predicted octanol–water partition coefficient (Wildman–Crippen LogP) is 5.03. The molecule has 3 nitrogen and oxygen atoms in total. The Morgan fingerprint density at radius 1 is 1.00 bits per heavy atom. The number of para-hydroxylation sites is 1. The molecule has 0 saturated heterocycles. The molecule has 1 aliphatic rings. The minimum atomic E-state index is 0.920. The molecule has 0 N–H and O–H groups in total. The largest absolute Gasteiger partial charge is 0.497 e. The molecule has 0 atom stereocenters. The maximum absolute atomic E-state index is 5.41. The molecule has 0 amide bonds. The van der Waals surface area contributed by atoms with Crippen LogP contribution in [-0.4, -0.2) is 38.2 Å². The van der Waals surface area contributed by atoms with Gasteiger partial charge < -0.3 is 14.5 Å². The van der Waals surface area contributed by atoms with Gasteiger partial charge in [0.25, 0.3) is 0 Å². The summed E-state index contributed by atoms with van der Waals surface area (Å²) in [6.07, 6.45) is 1.16. The summed E-state index contributed by atoms with van der Waals surface area (Å²) < 4.78 is 5.41. The molecular formula is C20H26N2OS. The van der Waals surface area contributed by atoms with Crippen LogP contribution in [-0.2, 0) is 0 Å². The summed E-state index contributed by atoms with van der Waals surface area (Å²) in [7, 11) is 1.73. The van der Waals surface area contributed by atoms with Crippen molar-refractivity contribution in [3.8, 4) is 5.75 Å². The van der Waals surface area contributed by atoms with Gasteiger partial charge in [0.15, 0.2) is 0 Å². The van der Waals surface area contributed by atoms with Crippen molar-refractivity contribution in [1.82, 2.24) is 4.90 Å². The molecule has 0 aliphatic carbocycles. The summed E-state index contributed by atoms with van der Waals surface area (Å²) in [5.41, 5.74) is 2.61. The average molecular weight is 343 g/mol. The Labute approximate surface area is 149 Å². The molecule has 4 heteroatoms. The first-order chi connectivity index (χ1) is 11.8. The Hall–Kier alpha value is -1.65. The van der Waals surface area contributed by atoms with Crippen LogP contribution in [0.25, 0.3) is 0 Å². The highest BCUT2D eigenvalue weighted by atomic mass is 32.2. The maximum Gasteiger partial charge on any atom is 0.120 e. The van der Waals surface area contributed by atoms with E-state index in [9.17, 15) is 0 Å². The summed E-state index contributed by atoms with van der Waals surface area (Å²) in [4.78, 5) is 7.54. The Balaban J connectivity index is 1.85.